The number of carbonyl (C=O) groups is 1. The van der Waals surface area contributed by atoms with Gasteiger partial charge in [-0.3, -0.25) is 0 Å². The Bertz CT molecular complexity index is 479. The number of carbonyl (C=O) groups excluding carboxylic acids is 1. The summed E-state index contributed by atoms with van der Waals surface area (Å²) in [6, 6.07) is 6.13. The summed E-state index contributed by atoms with van der Waals surface area (Å²) in [5.74, 6) is 1.14. The number of hydrogen-bond donors (Lipinski definition) is 2. The molecule has 0 radical (unpaired) electrons. The highest BCUT2D eigenvalue weighted by Crippen LogP contribution is 2.30. The Labute approximate surface area is 113 Å². The minimum Gasteiger partial charge on any atom is -0.486 e. The highest BCUT2D eigenvalue weighted by molar-refractivity contribution is 5.73. The lowest BCUT2D eigenvalue weighted by atomic mass is 10.2. The van der Waals surface area contributed by atoms with Gasteiger partial charge < -0.3 is 20.1 Å². The van der Waals surface area contributed by atoms with E-state index in [9.17, 15) is 18.0 Å². The van der Waals surface area contributed by atoms with Crippen LogP contribution in [0.2, 0.25) is 0 Å². The Hall–Kier alpha value is -2.12. The van der Waals surface area contributed by atoms with E-state index in [1.807, 2.05) is 0 Å². The van der Waals surface area contributed by atoms with Crippen LogP contribution in [0.5, 0.6) is 11.5 Å². The van der Waals surface area contributed by atoms with E-state index in [4.69, 9.17) is 9.47 Å². The van der Waals surface area contributed by atoms with Crippen molar-refractivity contribution in [2.24, 2.45) is 0 Å². The minimum atomic E-state index is -4.43. The molecule has 1 aromatic rings. The summed E-state index contributed by atoms with van der Waals surface area (Å²) in [6.07, 6.45) is -4.87. The minimum absolute atomic E-state index is 0.0536. The lowest BCUT2D eigenvalue weighted by Gasteiger charge is -2.26. The van der Waals surface area contributed by atoms with Gasteiger partial charge in [-0.1, -0.05) is 12.1 Å². The molecule has 2 rings (SSSR count). The Morgan fingerprint density at radius 3 is 2.65 bits per heavy atom. The lowest BCUT2D eigenvalue weighted by Crippen LogP contribution is -2.46. The first-order valence-electron chi connectivity index (χ1n) is 5.91. The fourth-order valence-corrected chi connectivity index (χ4v) is 1.61. The first kappa shape index (κ1) is 14.3. The van der Waals surface area contributed by atoms with Crippen LogP contribution in [-0.2, 0) is 0 Å². The van der Waals surface area contributed by atoms with Crippen molar-refractivity contribution in [3.8, 4) is 11.5 Å². The second kappa shape index (κ2) is 5.89. The molecular formula is C12H13F3N2O3. The summed E-state index contributed by atoms with van der Waals surface area (Å²) in [5.41, 5.74) is 0. The van der Waals surface area contributed by atoms with Gasteiger partial charge in [0.25, 0.3) is 0 Å². The Kier molecular flexibility index (Phi) is 4.21. The molecule has 0 saturated carbocycles. The van der Waals surface area contributed by atoms with Gasteiger partial charge in [-0.25, -0.2) is 4.79 Å². The summed E-state index contributed by atoms with van der Waals surface area (Å²) in [6.45, 7) is -1.10. The van der Waals surface area contributed by atoms with Crippen LogP contribution in [0.1, 0.15) is 0 Å². The maximum Gasteiger partial charge on any atom is 0.405 e. The molecule has 0 aliphatic carbocycles. The summed E-state index contributed by atoms with van der Waals surface area (Å²) >= 11 is 0. The van der Waals surface area contributed by atoms with E-state index in [1.165, 1.54) is 0 Å². The standard InChI is InChI=1S/C12H13F3N2O3/c13-12(14,15)7-17-11(18)16-5-8-6-19-9-3-1-2-4-10(9)20-8/h1-4,8H,5-7H2,(H2,16,17,18). The topological polar surface area (TPSA) is 59.6 Å². The summed E-state index contributed by atoms with van der Waals surface area (Å²) in [5, 5.41) is 4.01. The van der Waals surface area contributed by atoms with Crippen LogP contribution in [0.25, 0.3) is 0 Å². The molecule has 5 nitrogen and oxygen atoms in total. The van der Waals surface area contributed by atoms with Crippen molar-refractivity contribution in [1.29, 1.82) is 0 Å². The number of benzene rings is 1. The highest BCUT2D eigenvalue weighted by Gasteiger charge is 2.28. The average Bonchev–Trinajstić information content (AvgIpc) is 2.42. The van der Waals surface area contributed by atoms with Crippen LogP contribution in [0, 0.1) is 0 Å². The summed E-state index contributed by atoms with van der Waals surface area (Å²) in [7, 11) is 0. The molecule has 1 unspecified atom stereocenters. The number of nitrogens with one attached hydrogen (secondary N) is 2. The number of urea groups is 1. The lowest BCUT2D eigenvalue weighted by molar-refractivity contribution is -0.122. The zero-order valence-electron chi connectivity index (χ0n) is 10.4. The summed E-state index contributed by atoms with van der Waals surface area (Å²) in [4.78, 5) is 11.2. The molecule has 0 bridgehead atoms. The number of fused-ring (bicyclic) bond motifs is 1. The van der Waals surface area contributed by atoms with Crippen LogP contribution in [0.4, 0.5) is 18.0 Å². The van der Waals surface area contributed by atoms with Gasteiger partial charge in [0.05, 0.1) is 6.54 Å². The Balaban J connectivity index is 1.75. The van der Waals surface area contributed by atoms with Gasteiger partial charge in [-0.05, 0) is 12.1 Å². The van der Waals surface area contributed by atoms with Crippen molar-refractivity contribution in [3.05, 3.63) is 24.3 Å². The van der Waals surface area contributed by atoms with E-state index in [0.717, 1.165) is 0 Å². The third kappa shape index (κ3) is 4.22. The molecule has 1 aliphatic rings. The van der Waals surface area contributed by atoms with Gasteiger partial charge in [-0.2, -0.15) is 13.2 Å². The van der Waals surface area contributed by atoms with Gasteiger partial charge in [0, 0.05) is 0 Å². The second-order valence-electron chi connectivity index (χ2n) is 4.18. The molecular weight excluding hydrogens is 277 g/mol. The largest absolute Gasteiger partial charge is 0.486 e. The number of amides is 2. The van der Waals surface area contributed by atoms with E-state index in [1.54, 1.807) is 29.6 Å². The third-order valence-corrected chi connectivity index (χ3v) is 2.51. The highest BCUT2D eigenvalue weighted by atomic mass is 19.4. The molecule has 110 valence electrons. The molecule has 20 heavy (non-hydrogen) atoms. The van der Waals surface area contributed by atoms with E-state index in [2.05, 4.69) is 5.32 Å². The van der Waals surface area contributed by atoms with Gasteiger partial charge in [-0.15, -0.1) is 0 Å². The molecule has 1 atom stereocenters. The molecule has 8 heteroatoms. The van der Waals surface area contributed by atoms with E-state index < -0.39 is 24.9 Å². The molecule has 2 amide bonds. The Morgan fingerprint density at radius 2 is 1.95 bits per heavy atom. The van der Waals surface area contributed by atoms with Crippen LogP contribution in [0.15, 0.2) is 24.3 Å². The number of hydrogen-bond acceptors (Lipinski definition) is 3. The zero-order valence-corrected chi connectivity index (χ0v) is 10.4. The second-order valence-corrected chi connectivity index (χ2v) is 4.18. The fourth-order valence-electron chi connectivity index (χ4n) is 1.61. The maximum absolute atomic E-state index is 11.9. The fraction of sp³-hybridized carbons (Fsp3) is 0.417. The number of para-hydroxylation sites is 2. The molecule has 0 aromatic heterocycles. The first-order valence-corrected chi connectivity index (χ1v) is 5.91. The predicted molar refractivity (Wildman–Crippen MR) is 63.8 cm³/mol. The van der Waals surface area contributed by atoms with Crippen molar-refractivity contribution >= 4 is 6.03 Å². The zero-order chi connectivity index (χ0) is 14.6. The Morgan fingerprint density at radius 1 is 1.25 bits per heavy atom. The molecule has 1 heterocycles. The molecule has 1 aromatic carbocycles. The molecule has 0 spiro atoms. The van der Waals surface area contributed by atoms with Gasteiger partial charge in [0.1, 0.15) is 13.2 Å². The molecule has 0 saturated heterocycles. The maximum atomic E-state index is 11.9. The molecule has 1 aliphatic heterocycles. The van der Waals surface area contributed by atoms with Gasteiger partial charge in [0.15, 0.2) is 17.6 Å². The van der Waals surface area contributed by atoms with Gasteiger partial charge in [0.2, 0.25) is 0 Å². The van der Waals surface area contributed by atoms with Crippen molar-refractivity contribution in [1.82, 2.24) is 10.6 Å². The third-order valence-electron chi connectivity index (χ3n) is 2.51. The number of rotatable bonds is 3. The van der Waals surface area contributed by atoms with Crippen LogP contribution < -0.4 is 20.1 Å². The number of ether oxygens (including phenoxy) is 2. The monoisotopic (exact) mass is 290 g/mol. The van der Waals surface area contributed by atoms with Crippen molar-refractivity contribution in [2.45, 2.75) is 12.3 Å². The van der Waals surface area contributed by atoms with Gasteiger partial charge >= 0.3 is 12.2 Å². The first-order chi connectivity index (χ1) is 9.44. The smallest absolute Gasteiger partial charge is 0.405 e. The van der Waals surface area contributed by atoms with Crippen LogP contribution in [0.3, 0.4) is 0 Å². The molecule has 0 fully saturated rings. The van der Waals surface area contributed by atoms with Crippen molar-refractivity contribution in [3.63, 3.8) is 0 Å². The van der Waals surface area contributed by atoms with E-state index in [0.29, 0.717) is 11.5 Å². The van der Waals surface area contributed by atoms with Crippen LogP contribution >= 0.6 is 0 Å². The SMILES string of the molecule is O=C(NCC1COc2ccccc2O1)NCC(F)(F)F. The number of halogens is 3. The van der Waals surface area contributed by atoms with Crippen molar-refractivity contribution in [2.75, 3.05) is 19.7 Å². The van der Waals surface area contributed by atoms with E-state index >= 15 is 0 Å². The quantitative estimate of drug-likeness (QED) is 0.890. The summed E-state index contributed by atoms with van der Waals surface area (Å²) < 4.78 is 46.6. The van der Waals surface area contributed by atoms with Crippen molar-refractivity contribution < 1.29 is 27.4 Å². The normalized spacial score (nSPS) is 17.4. The van der Waals surface area contributed by atoms with Crippen LogP contribution in [-0.4, -0.2) is 38.0 Å². The van der Waals surface area contributed by atoms with E-state index in [-0.39, 0.29) is 13.2 Å². The average molecular weight is 290 g/mol. The molecule has 2 N–H and O–H groups in total. The predicted octanol–water partition coefficient (Wildman–Crippen LogP) is 1.69. The number of alkyl halides is 3.